The Morgan fingerprint density at radius 2 is 2.00 bits per heavy atom. The van der Waals surface area contributed by atoms with Crippen molar-refractivity contribution in [2.45, 2.75) is 38.1 Å². The summed E-state index contributed by atoms with van der Waals surface area (Å²) < 4.78 is 0. The van der Waals surface area contributed by atoms with Gasteiger partial charge in [0, 0.05) is 18.7 Å². The Kier molecular flexibility index (Phi) is 5.75. The van der Waals surface area contributed by atoms with E-state index < -0.39 is 5.97 Å². The smallest absolute Gasteiger partial charge is 0.303 e. The molecule has 0 aromatic heterocycles. The number of aliphatic carboxylic acids is 1. The fourth-order valence-electron chi connectivity index (χ4n) is 2.61. The van der Waals surface area contributed by atoms with Gasteiger partial charge in [-0.15, -0.1) is 0 Å². The number of hydrogen-bond acceptors (Lipinski definition) is 3. The van der Waals surface area contributed by atoms with Crippen LogP contribution < -0.4 is 10.2 Å². The van der Waals surface area contributed by atoms with Crippen molar-refractivity contribution in [1.82, 2.24) is 5.32 Å². The summed E-state index contributed by atoms with van der Waals surface area (Å²) in [7, 11) is 0. The molecule has 1 aromatic rings. The molecule has 0 spiro atoms. The van der Waals surface area contributed by atoms with E-state index in [0.717, 1.165) is 31.5 Å². The molecule has 0 bridgehead atoms. The standard InChI is InChI=1S/C16H22N2O3/c19-15(20)10-6-12-18(13-7-2-1-3-8-13)16(21)14-9-4-5-11-17-14/h1-3,7-8,14,17H,4-6,9-12H2,(H,19,20). The molecule has 0 aliphatic carbocycles. The summed E-state index contributed by atoms with van der Waals surface area (Å²) in [5.41, 5.74) is 0.834. The summed E-state index contributed by atoms with van der Waals surface area (Å²) in [5, 5.41) is 12.0. The highest BCUT2D eigenvalue weighted by atomic mass is 16.4. The van der Waals surface area contributed by atoms with Gasteiger partial charge in [-0.1, -0.05) is 24.6 Å². The Bertz CT molecular complexity index is 470. The highest BCUT2D eigenvalue weighted by Gasteiger charge is 2.26. The molecule has 1 fully saturated rings. The maximum absolute atomic E-state index is 12.7. The van der Waals surface area contributed by atoms with E-state index in [1.54, 1.807) is 4.90 Å². The molecule has 1 aliphatic rings. The number of carboxylic acids is 1. The number of benzene rings is 1. The molecule has 5 heteroatoms. The second-order valence-electron chi connectivity index (χ2n) is 5.33. The zero-order valence-corrected chi connectivity index (χ0v) is 12.1. The predicted octanol–water partition coefficient (Wildman–Crippen LogP) is 2.03. The van der Waals surface area contributed by atoms with Crippen LogP contribution in [0, 0.1) is 0 Å². The molecular weight excluding hydrogens is 268 g/mol. The fraction of sp³-hybridized carbons (Fsp3) is 0.500. The summed E-state index contributed by atoms with van der Waals surface area (Å²) in [6, 6.07) is 9.32. The van der Waals surface area contributed by atoms with E-state index in [-0.39, 0.29) is 18.4 Å². The van der Waals surface area contributed by atoms with E-state index >= 15 is 0 Å². The van der Waals surface area contributed by atoms with Gasteiger partial charge in [-0.3, -0.25) is 9.59 Å². The van der Waals surface area contributed by atoms with Crippen LogP contribution in [-0.4, -0.2) is 36.1 Å². The van der Waals surface area contributed by atoms with Gasteiger partial charge in [0.2, 0.25) is 5.91 Å². The maximum Gasteiger partial charge on any atom is 0.303 e. The van der Waals surface area contributed by atoms with Crippen LogP contribution in [0.2, 0.25) is 0 Å². The SMILES string of the molecule is O=C(O)CCCN(C(=O)C1CCCCN1)c1ccccc1. The largest absolute Gasteiger partial charge is 0.481 e. The molecule has 0 saturated carbocycles. The van der Waals surface area contributed by atoms with Crippen LogP contribution in [-0.2, 0) is 9.59 Å². The maximum atomic E-state index is 12.7. The van der Waals surface area contributed by atoms with Gasteiger partial charge in [-0.05, 0) is 37.9 Å². The van der Waals surface area contributed by atoms with Gasteiger partial charge in [0.15, 0.2) is 0 Å². The number of para-hydroxylation sites is 1. The average Bonchev–Trinajstić information content (AvgIpc) is 2.52. The van der Waals surface area contributed by atoms with E-state index in [1.807, 2.05) is 30.3 Å². The van der Waals surface area contributed by atoms with Crippen molar-refractivity contribution in [1.29, 1.82) is 0 Å². The molecular formula is C16H22N2O3. The lowest BCUT2D eigenvalue weighted by Crippen LogP contribution is -2.49. The molecule has 0 radical (unpaired) electrons. The number of carboxylic acid groups (broad SMARTS) is 1. The van der Waals surface area contributed by atoms with Crippen LogP contribution >= 0.6 is 0 Å². The van der Waals surface area contributed by atoms with Gasteiger partial charge in [0.05, 0.1) is 6.04 Å². The number of nitrogens with one attached hydrogen (secondary N) is 1. The Labute approximate surface area is 125 Å². The van der Waals surface area contributed by atoms with E-state index in [4.69, 9.17) is 5.11 Å². The number of hydrogen-bond donors (Lipinski definition) is 2. The van der Waals surface area contributed by atoms with E-state index in [9.17, 15) is 9.59 Å². The summed E-state index contributed by atoms with van der Waals surface area (Å²) in [5.74, 6) is -0.780. The van der Waals surface area contributed by atoms with Crippen LogP contribution in [0.25, 0.3) is 0 Å². The van der Waals surface area contributed by atoms with Crippen molar-refractivity contribution in [2.75, 3.05) is 18.0 Å². The number of amides is 1. The van der Waals surface area contributed by atoms with Crippen LogP contribution in [0.5, 0.6) is 0 Å². The lowest BCUT2D eigenvalue weighted by molar-refractivity contribution is -0.137. The van der Waals surface area contributed by atoms with Crippen molar-refractivity contribution in [3.8, 4) is 0 Å². The van der Waals surface area contributed by atoms with Gasteiger partial charge in [0.1, 0.15) is 0 Å². The van der Waals surface area contributed by atoms with Gasteiger partial charge in [0.25, 0.3) is 0 Å². The molecule has 1 unspecified atom stereocenters. The Morgan fingerprint density at radius 3 is 2.62 bits per heavy atom. The predicted molar refractivity (Wildman–Crippen MR) is 81.3 cm³/mol. The lowest BCUT2D eigenvalue weighted by atomic mass is 10.0. The quantitative estimate of drug-likeness (QED) is 0.841. The van der Waals surface area contributed by atoms with Crippen molar-refractivity contribution < 1.29 is 14.7 Å². The van der Waals surface area contributed by atoms with E-state index in [0.29, 0.717) is 13.0 Å². The fourth-order valence-corrected chi connectivity index (χ4v) is 2.61. The average molecular weight is 290 g/mol. The van der Waals surface area contributed by atoms with Gasteiger partial charge >= 0.3 is 5.97 Å². The van der Waals surface area contributed by atoms with E-state index in [1.165, 1.54) is 0 Å². The van der Waals surface area contributed by atoms with Crippen LogP contribution in [0.1, 0.15) is 32.1 Å². The number of rotatable bonds is 6. The minimum atomic E-state index is -0.828. The molecule has 114 valence electrons. The second-order valence-corrected chi connectivity index (χ2v) is 5.33. The Hall–Kier alpha value is -1.88. The molecule has 21 heavy (non-hydrogen) atoms. The topological polar surface area (TPSA) is 69.6 Å². The third-order valence-electron chi connectivity index (χ3n) is 3.71. The first-order chi connectivity index (χ1) is 10.2. The minimum absolute atomic E-state index is 0.0475. The number of carbonyl (C=O) groups excluding carboxylic acids is 1. The minimum Gasteiger partial charge on any atom is -0.481 e. The van der Waals surface area contributed by atoms with Crippen molar-refractivity contribution >= 4 is 17.6 Å². The highest BCUT2D eigenvalue weighted by molar-refractivity contribution is 5.97. The molecule has 2 N–H and O–H groups in total. The lowest BCUT2D eigenvalue weighted by Gasteiger charge is -2.30. The normalized spacial score (nSPS) is 18.2. The molecule has 1 aliphatic heterocycles. The van der Waals surface area contributed by atoms with Gasteiger partial charge in [-0.2, -0.15) is 0 Å². The molecule has 1 atom stereocenters. The third kappa shape index (κ3) is 4.56. The summed E-state index contributed by atoms with van der Waals surface area (Å²) in [6.45, 7) is 1.31. The highest BCUT2D eigenvalue weighted by Crippen LogP contribution is 2.18. The molecule has 1 aromatic carbocycles. The zero-order chi connectivity index (χ0) is 15.1. The first-order valence-electron chi connectivity index (χ1n) is 7.50. The van der Waals surface area contributed by atoms with Gasteiger partial charge < -0.3 is 15.3 Å². The molecule has 1 amide bonds. The summed E-state index contributed by atoms with van der Waals surface area (Å²) in [6.07, 6.45) is 3.55. The Balaban J connectivity index is 2.06. The van der Waals surface area contributed by atoms with E-state index in [2.05, 4.69) is 5.32 Å². The van der Waals surface area contributed by atoms with Crippen molar-refractivity contribution in [3.63, 3.8) is 0 Å². The number of piperidine rings is 1. The van der Waals surface area contributed by atoms with Crippen molar-refractivity contribution in [3.05, 3.63) is 30.3 Å². The molecule has 5 nitrogen and oxygen atoms in total. The van der Waals surface area contributed by atoms with Crippen molar-refractivity contribution in [2.24, 2.45) is 0 Å². The number of carbonyl (C=O) groups is 2. The second kappa shape index (κ2) is 7.78. The first-order valence-corrected chi connectivity index (χ1v) is 7.50. The molecule has 1 heterocycles. The Morgan fingerprint density at radius 1 is 1.24 bits per heavy atom. The first kappa shape index (κ1) is 15.5. The number of nitrogens with zero attached hydrogens (tertiary/aromatic N) is 1. The molecule has 2 rings (SSSR count). The van der Waals surface area contributed by atoms with Crippen LogP contribution in [0.15, 0.2) is 30.3 Å². The molecule has 1 saturated heterocycles. The van der Waals surface area contributed by atoms with Gasteiger partial charge in [-0.25, -0.2) is 0 Å². The summed E-state index contributed by atoms with van der Waals surface area (Å²) >= 11 is 0. The van der Waals surface area contributed by atoms with Crippen LogP contribution in [0.3, 0.4) is 0 Å². The zero-order valence-electron chi connectivity index (χ0n) is 12.1. The third-order valence-corrected chi connectivity index (χ3v) is 3.71. The summed E-state index contributed by atoms with van der Waals surface area (Å²) in [4.78, 5) is 25.1. The van der Waals surface area contributed by atoms with Crippen LogP contribution in [0.4, 0.5) is 5.69 Å². The number of anilines is 1. The monoisotopic (exact) mass is 290 g/mol.